The summed E-state index contributed by atoms with van der Waals surface area (Å²) in [4.78, 5) is 11.0. The van der Waals surface area contributed by atoms with Crippen molar-refractivity contribution in [2.75, 3.05) is 0 Å². The van der Waals surface area contributed by atoms with Crippen LogP contribution in [0.1, 0.15) is 85.0 Å². The normalized spacial score (nSPS) is 23.7. The van der Waals surface area contributed by atoms with Crippen LogP contribution in [-0.4, -0.2) is 12.1 Å². The molecule has 2 heteroatoms. The van der Waals surface area contributed by atoms with E-state index < -0.39 is 0 Å². The van der Waals surface area contributed by atoms with Gasteiger partial charge in [0.2, 0.25) is 0 Å². The lowest BCUT2D eigenvalue weighted by atomic mass is 9.81. The van der Waals surface area contributed by atoms with Crippen LogP contribution in [0.25, 0.3) is 0 Å². The van der Waals surface area contributed by atoms with E-state index in [0.717, 1.165) is 12.8 Å². The standard InChI is InChI=1S/C16H30O2/c1-14(17)18-15-10-6-4-8-12-16(2,3)13-9-5-7-11-15/h15H,4-13H2,1-3H3. The summed E-state index contributed by atoms with van der Waals surface area (Å²) in [6.07, 6.45) is 12.6. The Labute approximate surface area is 112 Å². The van der Waals surface area contributed by atoms with Gasteiger partial charge < -0.3 is 4.74 Å². The molecule has 0 spiro atoms. The van der Waals surface area contributed by atoms with E-state index in [-0.39, 0.29) is 12.1 Å². The van der Waals surface area contributed by atoms with Gasteiger partial charge in [0.25, 0.3) is 0 Å². The molecule has 0 aromatic heterocycles. The molecule has 0 aromatic carbocycles. The van der Waals surface area contributed by atoms with Gasteiger partial charge >= 0.3 is 5.97 Å². The number of esters is 1. The second-order valence-electron chi connectivity index (χ2n) is 6.59. The van der Waals surface area contributed by atoms with Gasteiger partial charge in [-0.15, -0.1) is 0 Å². The van der Waals surface area contributed by atoms with E-state index in [1.165, 1.54) is 58.3 Å². The predicted octanol–water partition coefficient (Wildman–Crippen LogP) is 4.86. The summed E-state index contributed by atoms with van der Waals surface area (Å²) in [5.74, 6) is -0.117. The molecule has 1 rings (SSSR count). The number of carbonyl (C=O) groups excluding carboxylic acids is 1. The molecule has 0 unspecified atom stereocenters. The number of carbonyl (C=O) groups is 1. The second-order valence-corrected chi connectivity index (χ2v) is 6.59. The lowest BCUT2D eigenvalue weighted by molar-refractivity contribution is -0.147. The highest BCUT2D eigenvalue weighted by molar-refractivity contribution is 5.66. The molecule has 1 aliphatic carbocycles. The maximum atomic E-state index is 11.0. The Morgan fingerprint density at radius 3 is 1.89 bits per heavy atom. The highest BCUT2D eigenvalue weighted by atomic mass is 16.5. The molecule has 1 aliphatic rings. The summed E-state index contributed by atoms with van der Waals surface area (Å²) >= 11 is 0. The van der Waals surface area contributed by atoms with Crippen LogP contribution in [0.5, 0.6) is 0 Å². The molecule has 18 heavy (non-hydrogen) atoms. The van der Waals surface area contributed by atoms with Gasteiger partial charge in [0, 0.05) is 6.92 Å². The Morgan fingerprint density at radius 2 is 1.44 bits per heavy atom. The van der Waals surface area contributed by atoms with E-state index >= 15 is 0 Å². The van der Waals surface area contributed by atoms with Gasteiger partial charge in [0.05, 0.1) is 0 Å². The van der Waals surface area contributed by atoms with Crippen molar-refractivity contribution in [1.29, 1.82) is 0 Å². The van der Waals surface area contributed by atoms with Crippen LogP contribution >= 0.6 is 0 Å². The van der Waals surface area contributed by atoms with Crippen LogP contribution in [0.15, 0.2) is 0 Å². The van der Waals surface area contributed by atoms with E-state index in [0.29, 0.717) is 5.41 Å². The van der Waals surface area contributed by atoms with Crippen molar-refractivity contribution in [2.24, 2.45) is 5.41 Å². The van der Waals surface area contributed by atoms with E-state index in [1.807, 2.05) is 0 Å². The molecule has 1 saturated carbocycles. The van der Waals surface area contributed by atoms with Crippen molar-refractivity contribution in [3.63, 3.8) is 0 Å². The van der Waals surface area contributed by atoms with Gasteiger partial charge in [-0.05, 0) is 43.9 Å². The number of rotatable bonds is 1. The molecular formula is C16H30O2. The molecule has 2 nitrogen and oxygen atoms in total. The lowest BCUT2D eigenvalue weighted by Crippen LogP contribution is -2.17. The summed E-state index contributed by atoms with van der Waals surface area (Å²) in [6, 6.07) is 0. The Hall–Kier alpha value is -0.530. The van der Waals surface area contributed by atoms with E-state index in [4.69, 9.17) is 4.74 Å². The highest BCUT2D eigenvalue weighted by Crippen LogP contribution is 2.31. The quantitative estimate of drug-likeness (QED) is 0.625. The zero-order valence-electron chi connectivity index (χ0n) is 12.5. The van der Waals surface area contributed by atoms with Crippen LogP contribution in [0, 0.1) is 5.41 Å². The van der Waals surface area contributed by atoms with Gasteiger partial charge in [-0.3, -0.25) is 4.79 Å². The summed E-state index contributed by atoms with van der Waals surface area (Å²) in [7, 11) is 0. The molecule has 106 valence electrons. The zero-order chi connectivity index (χ0) is 13.4. The number of hydrogen-bond donors (Lipinski definition) is 0. The first-order valence-electron chi connectivity index (χ1n) is 7.67. The van der Waals surface area contributed by atoms with Gasteiger partial charge in [-0.1, -0.05) is 39.5 Å². The first-order valence-corrected chi connectivity index (χ1v) is 7.67. The molecule has 0 heterocycles. The molecule has 0 N–H and O–H groups in total. The van der Waals surface area contributed by atoms with Crippen molar-refractivity contribution < 1.29 is 9.53 Å². The van der Waals surface area contributed by atoms with Crippen molar-refractivity contribution in [3.8, 4) is 0 Å². The third-order valence-corrected chi connectivity index (χ3v) is 4.09. The van der Waals surface area contributed by atoms with Gasteiger partial charge in [0.1, 0.15) is 6.10 Å². The SMILES string of the molecule is CC(=O)OC1CCCCCC(C)(C)CCCCC1. The topological polar surface area (TPSA) is 26.3 Å². The fourth-order valence-electron chi connectivity index (χ4n) is 2.93. The van der Waals surface area contributed by atoms with Crippen LogP contribution in [0.3, 0.4) is 0 Å². The Morgan fingerprint density at radius 1 is 0.944 bits per heavy atom. The predicted molar refractivity (Wildman–Crippen MR) is 75.5 cm³/mol. The third kappa shape index (κ3) is 7.03. The average Bonchev–Trinajstić information content (AvgIpc) is 2.25. The van der Waals surface area contributed by atoms with E-state index in [2.05, 4.69) is 13.8 Å². The van der Waals surface area contributed by atoms with Gasteiger partial charge in [-0.25, -0.2) is 0 Å². The third-order valence-electron chi connectivity index (χ3n) is 4.09. The smallest absolute Gasteiger partial charge is 0.302 e. The van der Waals surface area contributed by atoms with Crippen LogP contribution < -0.4 is 0 Å². The van der Waals surface area contributed by atoms with Crippen molar-refractivity contribution in [1.82, 2.24) is 0 Å². The second kappa shape index (κ2) is 7.81. The summed E-state index contributed by atoms with van der Waals surface area (Å²) < 4.78 is 5.40. The number of hydrogen-bond acceptors (Lipinski definition) is 2. The minimum absolute atomic E-state index is 0.117. The molecule has 0 radical (unpaired) electrons. The molecular weight excluding hydrogens is 224 g/mol. The lowest BCUT2D eigenvalue weighted by Gasteiger charge is -2.26. The minimum Gasteiger partial charge on any atom is -0.463 e. The fraction of sp³-hybridized carbons (Fsp3) is 0.938. The average molecular weight is 254 g/mol. The molecule has 1 fully saturated rings. The van der Waals surface area contributed by atoms with Crippen LogP contribution in [0.2, 0.25) is 0 Å². The van der Waals surface area contributed by atoms with Crippen molar-refractivity contribution >= 4 is 5.97 Å². The Bertz CT molecular complexity index is 229. The fourth-order valence-corrected chi connectivity index (χ4v) is 2.93. The summed E-state index contributed by atoms with van der Waals surface area (Å²) in [5.41, 5.74) is 0.522. The number of ether oxygens (including phenoxy) is 1. The highest BCUT2D eigenvalue weighted by Gasteiger charge is 2.18. The molecule has 0 atom stereocenters. The van der Waals surface area contributed by atoms with Gasteiger partial charge in [-0.2, -0.15) is 0 Å². The molecule has 0 aliphatic heterocycles. The molecule has 0 aromatic rings. The monoisotopic (exact) mass is 254 g/mol. The van der Waals surface area contributed by atoms with E-state index in [1.54, 1.807) is 0 Å². The maximum Gasteiger partial charge on any atom is 0.302 e. The molecule has 0 bridgehead atoms. The zero-order valence-corrected chi connectivity index (χ0v) is 12.5. The van der Waals surface area contributed by atoms with Crippen LogP contribution in [-0.2, 0) is 9.53 Å². The first-order chi connectivity index (χ1) is 8.49. The minimum atomic E-state index is -0.117. The van der Waals surface area contributed by atoms with Crippen LogP contribution in [0.4, 0.5) is 0 Å². The molecule has 0 amide bonds. The van der Waals surface area contributed by atoms with E-state index in [9.17, 15) is 4.79 Å². The van der Waals surface area contributed by atoms with Gasteiger partial charge in [0.15, 0.2) is 0 Å². The maximum absolute atomic E-state index is 11.0. The first kappa shape index (κ1) is 15.5. The summed E-state index contributed by atoms with van der Waals surface area (Å²) in [6.45, 7) is 6.33. The Kier molecular flexibility index (Phi) is 6.73. The largest absolute Gasteiger partial charge is 0.463 e. The van der Waals surface area contributed by atoms with Crippen molar-refractivity contribution in [3.05, 3.63) is 0 Å². The Balaban J connectivity index is 2.38. The molecule has 0 saturated heterocycles. The summed E-state index contributed by atoms with van der Waals surface area (Å²) in [5, 5.41) is 0. The van der Waals surface area contributed by atoms with Crippen molar-refractivity contribution in [2.45, 2.75) is 91.1 Å².